The first-order valence-corrected chi connectivity index (χ1v) is 13.2. The van der Waals surface area contributed by atoms with Crippen molar-refractivity contribution in [2.75, 3.05) is 19.8 Å². The van der Waals surface area contributed by atoms with E-state index in [1.54, 1.807) is 0 Å². The maximum absolute atomic E-state index is 11.4. The summed E-state index contributed by atoms with van der Waals surface area (Å²) in [6.45, 7) is 13.4. The first kappa shape index (κ1) is 21.0. The second kappa shape index (κ2) is 7.60. The molecule has 1 aliphatic carbocycles. The summed E-state index contributed by atoms with van der Waals surface area (Å²) in [4.78, 5) is 0. The van der Waals surface area contributed by atoms with Gasteiger partial charge in [0.25, 0.3) is 0 Å². The minimum absolute atomic E-state index is 0.212. The Labute approximate surface area is 165 Å². The third-order valence-corrected chi connectivity index (χ3v) is 11.3. The van der Waals surface area contributed by atoms with Crippen LogP contribution in [0.25, 0.3) is 0 Å². The Hall–Kier alpha value is -0.723. The monoisotopic (exact) mass is 392 g/mol. The Morgan fingerprint density at radius 3 is 2.22 bits per heavy atom. The topological polar surface area (TPSA) is 47.9 Å². The second-order valence-electron chi connectivity index (χ2n) is 9.66. The van der Waals surface area contributed by atoms with Crippen LogP contribution in [0.4, 0.5) is 0 Å². The zero-order valence-electron chi connectivity index (χ0n) is 17.6. The molecule has 1 saturated carbocycles. The van der Waals surface area contributed by atoms with Crippen molar-refractivity contribution in [1.82, 2.24) is 0 Å². The fourth-order valence-electron chi connectivity index (χ4n) is 3.92. The van der Waals surface area contributed by atoms with Crippen molar-refractivity contribution in [3.05, 3.63) is 35.4 Å². The van der Waals surface area contributed by atoms with Crippen LogP contribution in [0.15, 0.2) is 24.3 Å². The van der Waals surface area contributed by atoms with E-state index in [9.17, 15) is 5.11 Å². The molecule has 1 N–H and O–H groups in total. The molecule has 0 bridgehead atoms. The van der Waals surface area contributed by atoms with Gasteiger partial charge in [-0.25, -0.2) is 0 Å². The summed E-state index contributed by atoms with van der Waals surface area (Å²) in [5.74, 6) is -0.452. The van der Waals surface area contributed by atoms with Gasteiger partial charge in [-0.1, -0.05) is 45.0 Å². The molecule has 3 rings (SSSR count). The highest BCUT2D eigenvalue weighted by Crippen LogP contribution is 2.45. The van der Waals surface area contributed by atoms with Crippen molar-refractivity contribution in [3.8, 4) is 0 Å². The SMILES string of the molecule is CC(C)(C)[Si](C)(C)OCCc1ccccc1C1(O)CCC2(CC1)OCCO2. The molecule has 2 aliphatic rings. The second-order valence-corrected chi connectivity index (χ2v) is 14.5. The molecular formula is C22H36O4Si. The Balaban J connectivity index is 1.67. The molecule has 1 saturated heterocycles. The summed E-state index contributed by atoms with van der Waals surface area (Å²) in [7, 11) is -1.75. The molecule has 1 aromatic rings. The molecule has 0 amide bonds. The van der Waals surface area contributed by atoms with E-state index in [0.29, 0.717) is 32.7 Å². The number of ether oxygens (including phenoxy) is 2. The van der Waals surface area contributed by atoms with Crippen LogP contribution in [0.5, 0.6) is 0 Å². The lowest BCUT2D eigenvalue weighted by Gasteiger charge is -2.41. The molecular weight excluding hydrogens is 356 g/mol. The predicted octanol–water partition coefficient (Wildman–Crippen LogP) is 4.76. The smallest absolute Gasteiger partial charge is 0.191 e. The van der Waals surface area contributed by atoms with Crippen molar-refractivity contribution in [2.45, 2.75) is 82.4 Å². The molecule has 27 heavy (non-hydrogen) atoms. The third kappa shape index (κ3) is 4.48. The van der Waals surface area contributed by atoms with Crippen LogP contribution < -0.4 is 0 Å². The van der Waals surface area contributed by atoms with Crippen LogP contribution in [-0.2, 0) is 25.9 Å². The summed E-state index contributed by atoms with van der Waals surface area (Å²) in [5.41, 5.74) is 1.45. The number of hydrogen-bond donors (Lipinski definition) is 1. The zero-order valence-corrected chi connectivity index (χ0v) is 18.6. The largest absolute Gasteiger partial charge is 0.416 e. The molecule has 0 atom stereocenters. The van der Waals surface area contributed by atoms with E-state index in [1.807, 2.05) is 6.07 Å². The van der Waals surface area contributed by atoms with E-state index in [-0.39, 0.29) is 5.04 Å². The molecule has 1 spiro atoms. The van der Waals surface area contributed by atoms with Gasteiger partial charge in [0, 0.05) is 19.4 Å². The lowest BCUT2D eigenvalue weighted by atomic mass is 9.75. The Bertz CT molecular complexity index is 634. The lowest BCUT2D eigenvalue weighted by molar-refractivity contribution is -0.204. The minimum atomic E-state index is -1.75. The maximum atomic E-state index is 11.4. The maximum Gasteiger partial charge on any atom is 0.191 e. The summed E-state index contributed by atoms with van der Waals surface area (Å²) in [6, 6.07) is 8.30. The van der Waals surface area contributed by atoms with Gasteiger partial charge in [0.15, 0.2) is 14.1 Å². The van der Waals surface area contributed by atoms with Crippen molar-refractivity contribution >= 4 is 8.32 Å². The highest BCUT2D eigenvalue weighted by atomic mass is 28.4. The highest BCUT2D eigenvalue weighted by Gasteiger charge is 2.46. The van der Waals surface area contributed by atoms with Gasteiger partial charge in [0.1, 0.15) is 0 Å². The van der Waals surface area contributed by atoms with Crippen molar-refractivity contribution in [1.29, 1.82) is 0 Å². The van der Waals surface area contributed by atoms with Crippen molar-refractivity contribution < 1.29 is 19.0 Å². The van der Waals surface area contributed by atoms with Crippen LogP contribution in [0.3, 0.4) is 0 Å². The van der Waals surface area contributed by atoms with Crippen LogP contribution in [0.1, 0.15) is 57.6 Å². The van der Waals surface area contributed by atoms with Gasteiger partial charge >= 0.3 is 0 Å². The van der Waals surface area contributed by atoms with Gasteiger partial charge in [-0.05, 0) is 48.5 Å². The fourth-order valence-corrected chi connectivity index (χ4v) is 4.97. The van der Waals surface area contributed by atoms with E-state index in [4.69, 9.17) is 13.9 Å². The van der Waals surface area contributed by atoms with Crippen LogP contribution >= 0.6 is 0 Å². The molecule has 0 aromatic heterocycles. The molecule has 1 heterocycles. The van der Waals surface area contributed by atoms with Gasteiger partial charge in [-0.15, -0.1) is 0 Å². The standard InChI is InChI=1S/C22H36O4Si/c1-20(2,3)27(4,5)26-15-10-18-8-6-7-9-19(18)21(23)11-13-22(14-12-21)24-16-17-25-22/h6-9,23H,10-17H2,1-5H3. The number of aliphatic hydroxyl groups is 1. The molecule has 1 aromatic carbocycles. The predicted molar refractivity (Wildman–Crippen MR) is 110 cm³/mol. The Kier molecular flexibility index (Phi) is 5.91. The van der Waals surface area contributed by atoms with E-state index in [0.717, 1.165) is 24.8 Å². The van der Waals surface area contributed by atoms with Crippen molar-refractivity contribution in [3.63, 3.8) is 0 Å². The van der Waals surface area contributed by atoms with Gasteiger partial charge in [-0.2, -0.15) is 0 Å². The number of hydrogen-bond acceptors (Lipinski definition) is 4. The van der Waals surface area contributed by atoms with Crippen LogP contribution in [0.2, 0.25) is 18.1 Å². The Morgan fingerprint density at radius 2 is 1.63 bits per heavy atom. The van der Waals surface area contributed by atoms with Crippen molar-refractivity contribution in [2.24, 2.45) is 0 Å². The van der Waals surface area contributed by atoms with Gasteiger partial charge in [0.2, 0.25) is 0 Å². The van der Waals surface area contributed by atoms with Crippen LogP contribution in [-0.4, -0.2) is 39.0 Å². The average molecular weight is 393 g/mol. The van der Waals surface area contributed by atoms with E-state index < -0.39 is 19.7 Å². The normalized spacial score (nSPS) is 22.3. The number of rotatable bonds is 5. The molecule has 152 valence electrons. The molecule has 2 fully saturated rings. The summed E-state index contributed by atoms with van der Waals surface area (Å²) >= 11 is 0. The summed E-state index contributed by atoms with van der Waals surface area (Å²) in [5, 5.41) is 11.6. The first-order valence-electron chi connectivity index (χ1n) is 10.3. The molecule has 4 nitrogen and oxygen atoms in total. The van der Waals surface area contributed by atoms with E-state index >= 15 is 0 Å². The first-order chi connectivity index (χ1) is 12.6. The highest BCUT2D eigenvalue weighted by molar-refractivity contribution is 6.74. The van der Waals surface area contributed by atoms with E-state index in [1.165, 1.54) is 5.56 Å². The van der Waals surface area contributed by atoms with Gasteiger partial charge in [0.05, 0.1) is 18.8 Å². The Morgan fingerprint density at radius 1 is 1.04 bits per heavy atom. The average Bonchev–Trinajstić information content (AvgIpc) is 3.06. The van der Waals surface area contributed by atoms with E-state index in [2.05, 4.69) is 52.1 Å². The molecule has 0 unspecified atom stereocenters. The zero-order chi connectivity index (χ0) is 19.8. The van der Waals surface area contributed by atoms with Gasteiger partial charge in [-0.3, -0.25) is 0 Å². The van der Waals surface area contributed by atoms with Crippen LogP contribution in [0, 0.1) is 0 Å². The quantitative estimate of drug-likeness (QED) is 0.734. The molecule has 0 radical (unpaired) electrons. The third-order valence-electron chi connectivity index (χ3n) is 6.81. The summed E-state index contributed by atoms with van der Waals surface area (Å²) < 4.78 is 18.0. The lowest BCUT2D eigenvalue weighted by Crippen LogP contribution is -2.43. The van der Waals surface area contributed by atoms with Gasteiger partial charge < -0.3 is 19.0 Å². The summed E-state index contributed by atoms with van der Waals surface area (Å²) in [6.07, 6.45) is 3.68. The number of benzene rings is 1. The fraction of sp³-hybridized carbons (Fsp3) is 0.727. The molecule has 1 aliphatic heterocycles. The molecule has 5 heteroatoms. The minimum Gasteiger partial charge on any atom is -0.416 e.